The average Bonchev–Trinajstić information content (AvgIpc) is 0.785. The Kier molecular flexibility index (Phi) is 43.6. The molecule has 26 nitrogen and oxygen atoms in total. The first-order valence-corrected chi connectivity index (χ1v) is 46.1. The number of aromatic hydroxyl groups is 10. The summed E-state index contributed by atoms with van der Waals surface area (Å²) in [5, 5.41) is 104. The highest BCUT2D eigenvalue weighted by Crippen LogP contribution is 2.38. The van der Waals surface area contributed by atoms with Gasteiger partial charge in [0.15, 0.2) is 23.0 Å². The Bertz CT molecular complexity index is 5900. The van der Waals surface area contributed by atoms with E-state index in [0.29, 0.717) is 53.1 Å². The van der Waals surface area contributed by atoms with Crippen molar-refractivity contribution in [2.45, 2.75) is 245 Å². The number of carbonyl (C=O) groups is 8. The Morgan fingerprint density at radius 1 is 0.261 bits per heavy atom. The lowest BCUT2D eigenvalue weighted by Crippen LogP contribution is -2.30. The topological polar surface area (TPSA) is 418 Å². The zero-order chi connectivity index (χ0) is 104. The number of aryl methyl sites for hydroxylation is 2. The Morgan fingerprint density at radius 2 is 0.594 bits per heavy atom. The number of anilines is 2. The summed E-state index contributed by atoms with van der Waals surface area (Å²) in [6.07, 6.45) is 5.85. The molecule has 0 aliphatic carbocycles. The molecule has 26 heteroatoms. The van der Waals surface area contributed by atoms with Crippen molar-refractivity contribution >= 4 is 91.3 Å². The third-order valence-electron chi connectivity index (χ3n) is 24.5. The first-order chi connectivity index (χ1) is 64.2. The summed E-state index contributed by atoms with van der Waals surface area (Å²) < 4.78 is 31.7. The van der Waals surface area contributed by atoms with Crippen molar-refractivity contribution in [3.05, 3.63) is 229 Å². The van der Waals surface area contributed by atoms with E-state index in [9.17, 15) is 69.0 Å². The molecule has 2 amide bonds. The third kappa shape index (κ3) is 35.9. The standard InChI is InChI=1S/3C16H18O3.C14H21NO2.C13H18O4.C13H18O3.C12H17NO2.C12H16O4/c1-4-16(2,3)15(18)19-14-10-6-7-11-12(14)8-5-9-13(11)17;1-4-16(2,3)15(18)19-14-8-6-11-9-13(17)7-5-12(11)10-14;1-4-16(2,3)15(18)19-12-8-9-13-11(10-12)6-5-7-14(13)17;1-6-14(4,5)13(17)15-11-7-9(2)12(16)10(3)8-11;1-4-13(2,3)12(16)17-8-9-5-6-10(14)11(15)7-9;1-4-13(2,3)12(15)16-9-10-5-7-11(14)8-6-10;1-4-12(2,3)11(15)13-9-5-7-10(14)8-6-9;1-4-12(2,3)11(15)16-8-5-6-9(13)10(14)7-8/h3*5-10,17H,4H2,1-3H3;7-8,16H,6H2,1-5H3,(H,15,17);5-7,14-15H,4,8H2,1-3H3;5-8,14H,4,9H2,1-3H3;5-8,14H,4H2,1-3H3,(H,13,15);5-7,13-14H,4H2,1-3H3. The molecular weight excluding hydrogens is 1760 g/mol. The quantitative estimate of drug-likeness (QED) is 0.0104. The molecule has 138 heavy (non-hydrogen) atoms. The fourth-order valence-corrected chi connectivity index (χ4v) is 10.8. The lowest BCUT2D eigenvalue weighted by molar-refractivity contribution is -0.156. The van der Waals surface area contributed by atoms with Gasteiger partial charge in [0, 0.05) is 44.4 Å². The number of phenolic OH excluding ortho intramolecular Hbond substituents is 10. The van der Waals surface area contributed by atoms with Crippen LogP contribution in [-0.4, -0.2) is 98.7 Å². The molecule has 11 aromatic rings. The van der Waals surface area contributed by atoms with E-state index in [1.807, 2.05) is 184 Å². The average molecular weight is 1900 g/mol. The van der Waals surface area contributed by atoms with Gasteiger partial charge in [-0.15, -0.1) is 0 Å². The molecule has 0 radical (unpaired) electrons. The van der Waals surface area contributed by atoms with Crippen LogP contribution in [0, 0.1) is 57.2 Å². The molecule has 0 atom stereocenters. The van der Waals surface area contributed by atoms with Gasteiger partial charge in [-0.2, -0.15) is 0 Å². The van der Waals surface area contributed by atoms with Gasteiger partial charge < -0.3 is 90.1 Å². The Morgan fingerprint density at radius 3 is 1.04 bits per heavy atom. The number of nitrogens with one attached hydrogen (secondary N) is 2. The van der Waals surface area contributed by atoms with Crippen LogP contribution in [0.1, 0.15) is 240 Å². The summed E-state index contributed by atoms with van der Waals surface area (Å²) >= 11 is 0. The molecule has 0 bridgehead atoms. The number of carbonyl (C=O) groups excluding carboxylic acids is 8. The molecule has 0 saturated carbocycles. The number of hydrogen-bond acceptors (Lipinski definition) is 24. The van der Waals surface area contributed by atoms with Gasteiger partial charge >= 0.3 is 35.8 Å². The fraction of sp³-hybridized carbons (Fsp3) is 0.393. The molecule has 11 aromatic carbocycles. The minimum atomic E-state index is -0.562. The highest BCUT2D eigenvalue weighted by Gasteiger charge is 2.34. The van der Waals surface area contributed by atoms with Crippen LogP contribution < -0.4 is 29.6 Å². The van der Waals surface area contributed by atoms with E-state index in [1.165, 1.54) is 30.3 Å². The summed E-state index contributed by atoms with van der Waals surface area (Å²) in [6, 6.07) is 56.4. The van der Waals surface area contributed by atoms with Gasteiger partial charge in [0.2, 0.25) is 11.8 Å². The molecule has 0 unspecified atom stereocenters. The maximum absolute atomic E-state index is 12.1. The molecule has 0 aliphatic rings. The first-order valence-electron chi connectivity index (χ1n) is 46.1. The van der Waals surface area contributed by atoms with Crippen LogP contribution in [0.2, 0.25) is 0 Å². The molecule has 0 fully saturated rings. The number of phenols is 10. The number of amides is 2. The van der Waals surface area contributed by atoms with Crippen molar-refractivity contribution in [1.29, 1.82) is 0 Å². The smallest absolute Gasteiger partial charge is 0.316 e. The Balaban J connectivity index is 0.000000330. The second-order valence-electron chi connectivity index (χ2n) is 38.6. The van der Waals surface area contributed by atoms with Gasteiger partial charge in [-0.05, 0) is 320 Å². The zero-order valence-electron chi connectivity index (χ0n) is 84.9. The Hall–Kier alpha value is -14.0. The summed E-state index contributed by atoms with van der Waals surface area (Å²) in [5.74, 6) is 0.583. The second kappa shape index (κ2) is 51.8. The van der Waals surface area contributed by atoms with Gasteiger partial charge in [0.05, 0.1) is 32.5 Å². The maximum Gasteiger partial charge on any atom is 0.316 e. The predicted octanol–water partition coefficient (Wildman–Crippen LogP) is 25.7. The van der Waals surface area contributed by atoms with Crippen molar-refractivity contribution in [2.24, 2.45) is 43.3 Å². The fourth-order valence-electron chi connectivity index (χ4n) is 10.8. The molecule has 0 spiro atoms. The number of esters is 6. The molecule has 0 aliphatic heterocycles. The molecule has 0 aromatic heterocycles. The molecule has 12 N–H and O–H groups in total. The molecule has 746 valence electrons. The van der Waals surface area contributed by atoms with Gasteiger partial charge in [-0.25, -0.2) is 0 Å². The largest absolute Gasteiger partial charge is 0.508 e. The molecular formula is C112H144N2O24. The zero-order valence-corrected chi connectivity index (χ0v) is 84.9. The minimum Gasteiger partial charge on any atom is -0.508 e. The van der Waals surface area contributed by atoms with Crippen LogP contribution >= 0.6 is 0 Å². The monoisotopic (exact) mass is 1900 g/mol. The van der Waals surface area contributed by atoms with Crippen LogP contribution in [0.25, 0.3) is 32.3 Å². The lowest BCUT2D eigenvalue weighted by atomic mass is 9.89. The number of benzene rings is 11. The van der Waals surface area contributed by atoms with E-state index in [4.69, 9.17) is 48.8 Å². The van der Waals surface area contributed by atoms with Gasteiger partial charge in [0.25, 0.3) is 0 Å². The summed E-state index contributed by atoms with van der Waals surface area (Å²) in [5.41, 5.74) is 0.781. The van der Waals surface area contributed by atoms with Gasteiger partial charge in [-0.3, -0.25) is 38.4 Å². The van der Waals surface area contributed by atoms with Crippen molar-refractivity contribution in [2.75, 3.05) is 10.6 Å². The molecule has 11 rings (SSSR count). The van der Waals surface area contributed by atoms with E-state index in [-0.39, 0.29) is 135 Å². The van der Waals surface area contributed by atoms with E-state index in [0.717, 1.165) is 81.4 Å². The summed E-state index contributed by atoms with van der Waals surface area (Å²) in [4.78, 5) is 94.9. The number of hydrogen-bond donors (Lipinski definition) is 12. The van der Waals surface area contributed by atoms with Crippen LogP contribution in [0.3, 0.4) is 0 Å². The second-order valence-corrected chi connectivity index (χ2v) is 38.6. The van der Waals surface area contributed by atoms with E-state index < -0.39 is 32.5 Å². The number of fused-ring (bicyclic) bond motifs is 3. The van der Waals surface area contributed by atoms with Crippen LogP contribution in [0.15, 0.2) is 206 Å². The maximum atomic E-state index is 12.1. The van der Waals surface area contributed by atoms with E-state index in [2.05, 4.69) is 10.6 Å². The van der Waals surface area contributed by atoms with Crippen LogP contribution in [0.4, 0.5) is 11.4 Å². The van der Waals surface area contributed by atoms with Gasteiger partial charge in [0.1, 0.15) is 70.7 Å². The highest BCUT2D eigenvalue weighted by molar-refractivity contribution is 5.97. The first kappa shape index (κ1) is 116. The van der Waals surface area contributed by atoms with Crippen molar-refractivity contribution < 1.29 is 118 Å². The lowest BCUT2D eigenvalue weighted by Gasteiger charge is -2.22. The highest BCUT2D eigenvalue weighted by atomic mass is 16.6. The van der Waals surface area contributed by atoms with Crippen molar-refractivity contribution in [1.82, 2.24) is 0 Å². The van der Waals surface area contributed by atoms with Crippen LogP contribution in [-0.2, 0) is 61.0 Å². The minimum absolute atomic E-state index is 0.00399. The van der Waals surface area contributed by atoms with Gasteiger partial charge in [-0.1, -0.05) is 150 Å². The van der Waals surface area contributed by atoms with E-state index in [1.54, 1.807) is 172 Å². The third-order valence-corrected chi connectivity index (χ3v) is 24.5. The summed E-state index contributed by atoms with van der Waals surface area (Å²) in [6.45, 7) is 49.4. The SMILES string of the molecule is CCC(C)(C)C(=O)Nc1cc(C)c(O)c(C)c1.CCC(C)(C)C(=O)Nc1ccc(O)cc1.CCC(C)(C)C(=O)OCc1ccc(O)c(O)c1.CCC(C)(C)C(=O)OCc1ccc(O)cc1.CCC(C)(C)C(=O)Oc1ccc(O)c(O)c1.CCC(C)(C)C(=O)Oc1ccc2c(O)cccc2c1.CCC(C)(C)C(=O)Oc1ccc2cc(O)ccc2c1.CCC(C)(C)C(=O)Oc1cccc2c(O)cccc12. The van der Waals surface area contributed by atoms with Crippen molar-refractivity contribution in [3.8, 4) is 80.5 Å². The molecule has 0 saturated heterocycles. The van der Waals surface area contributed by atoms with E-state index >= 15 is 0 Å². The normalized spacial score (nSPS) is 11.3. The number of ether oxygens (including phenoxy) is 6. The Labute approximate surface area is 812 Å². The van der Waals surface area contributed by atoms with Crippen LogP contribution in [0.5, 0.6) is 80.5 Å². The summed E-state index contributed by atoms with van der Waals surface area (Å²) in [7, 11) is 0. The predicted molar refractivity (Wildman–Crippen MR) is 542 cm³/mol. The van der Waals surface area contributed by atoms with Crippen molar-refractivity contribution in [3.63, 3.8) is 0 Å². The number of rotatable bonds is 26. The molecule has 0 heterocycles.